The molecular weight excluding hydrogens is 286 g/mol. The van der Waals surface area contributed by atoms with Gasteiger partial charge >= 0.3 is 5.69 Å². The average molecular weight is 309 g/mol. The van der Waals surface area contributed by atoms with E-state index in [-0.39, 0.29) is 24.7 Å². The zero-order valence-corrected chi connectivity index (χ0v) is 13.3. The van der Waals surface area contributed by atoms with Gasteiger partial charge in [-0.3, -0.25) is 10.1 Å². The van der Waals surface area contributed by atoms with Crippen LogP contribution in [0.25, 0.3) is 0 Å². The molecule has 0 radical (unpaired) electrons. The number of hydrogen-bond acceptors (Lipinski definition) is 7. The lowest BCUT2D eigenvalue weighted by Crippen LogP contribution is -2.35. The van der Waals surface area contributed by atoms with Crippen molar-refractivity contribution < 1.29 is 10.0 Å². The maximum absolute atomic E-state index is 11.3. The molecule has 2 rings (SSSR count). The highest BCUT2D eigenvalue weighted by atomic mass is 16.6. The van der Waals surface area contributed by atoms with E-state index in [1.54, 1.807) is 18.9 Å². The van der Waals surface area contributed by atoms with Crippen molar-refractivity contribution in [1.82, 2.24) is 9.97 Å². The minimum atomic E-state index is -0.458. The van der Waals surface area contributed by atoms with Crippen LogP contribution in [0.5, 0.6) is 0 Å². The van der Waals surface area contributed by atoms with Crippen LogP contribution < -0.4 is 9.80 Å². The Morgan fingerprint density at radius 2 is 2.05 bits per heavy atom. The van der Waals surface area contributed by atoms with E-state index >= 15 is 0 Å². The third kappa shape index (κ3) is 3.44. The predicted molar refractivity (Wildman–Crippen MR) is 84.4 cm³/mol. The lowest BCUT2D eigenvalue weighted by atomic mass is 10.00. The summed E-state index contributed by atoms with van der Waals surface area (Å²) in [6.07, 6.45) is 2.14. The third-order valence-electron chi connectivity index (χ3n) is 4.07. The normalized spacial score (nSPS) is 15.9. The number of likely N-dealkylation sites (N-methyl/N-ethyl adjacent to an activating group) is 1. The average Bonchev–Trinajstić information content (AvgIpc) is 2.47. The van der Waals surface area contributed by atoms with Crippen LogP contribution in [0.1, 0.15) is 25.5 Å². The lowest BCUT2D eigenvalue weighted by molar-refractivity contribution is -0.385. The van der Waals surface area contributed by atoms with Crippen LogP contribution in [0.4, 0.5) is 17.5 Å². The molecular formula is C14H23N5O3. The predicted octanol–water partition coefficient (Wildman–Crippen LogP) is 1.36. The van der Waals surface area contributed by atoms with Gasteiger partial charge in [0.05, 0.1) is 11.5 Å². The molecule has 0 saturated carbocycles. The number of nitro groups is 1. The molecule has 8 heteroatoms. The molecule has 0 unspecified atom stereocenters. The molecule has 1 aromatic rings. The van der Waals surface area contributed by atoms with E-state index in [4.69, 9.17) is 5.11 Å². The molecule has 122 valence electrons. The summed E-state index contributed by atoms with van der Waals surface area (Å²) in [7, 11) is 1.69. The Balaban J connectivity index is 2.38. The van der Waals surface area contributed by atoms with Crippen LogP contribution in [-0.4, -0.2) is 53.3 Å². The third-order valence-corrected chi connectivity index (χ3v) is 4.07. The largest absolute Gasteiger partial charge is 0.395 e. The number of nitrogens with zero attached hydrogens (tertiary/aromatic N) is 5. The number of piperidine rings is 1. The molecule has 1 saturated heterocycles. The Labute approximate surface area is 129 Å². The van der Waals surface area contributed by atoms with Gasteiger partial charge in [0.2, 0.25) is 11.8 Å². The summed E-state index contributed by atoms with van der Waals surface area (Å²) >= 11 is 0. The Kier molecular flexibility index (Phi) is 5.12. The van der Waals surface area contributed by atoms with Crippen LogP contribution in [0.15, 0.2) is 0 Å². The number of anilines is 2. The molecule has 0 spiro atoms. The fourth-order valence-electron chi connectivity index (χ4n) is 2.62. The van der Waals surface area contributed by atoms with Gasteiger partial charge in [0.25, 0.3) is 0 Å². The standard InChI is InChI=1S/C14H23N5O3/c1-10-4-6-18(7-5-10)14-15-11(2)12(19(21)22)13(16-14)17(3)8-9-20/h10,20H,4-9H2,1-3H3. The highest BCUT2D eigenvalue weighted by Crippen LogP contribution is 2.31. The molecule has 8 nitrogen and oxygen atoms in total. The first-order valence-electron chi connectivity index (χ1n) is 7.54. The molecule has 1 N–H and O–H groups in total. The van der Waals surface area contributed by atoms with Gasteiger partial charge < -0.3 is 14.9 Å². The van der Waals surface area contributed by atoms with Crippen LogP contribution in [0.3, 0.4) is 0 Å². The van der Waals surface area contributed by atoms with Crippen molar-refractivity contribution in [2.24, 2.45) is 5.92 Å². The van der Waals surface area contributed by atoms with Crippen LogP contribution in [0.2, 0.25) is 0 Å². The molecule has 0 aliphatic carbocycles. The van der Waals surface area contributed by atoms with Gasteiger partial charge in [0, 0.05) is 26.7 Å². The Morgan fingerprint density at radius 1 is 1.41 bits per heavy atom. The summed E-state index contributed by atoms with van der Waals surface area (Å²) in [4.78, 5) is 23.3. The topological polar surface area (TPSA) is 95.6 Å². The van der Waals surface area contributed by atoms with E-state index in [9.17, 15) is 10.1 Å². The van der Waals surface area contributed by atoms with Crippen molar-refractivity contribution in [3.05, 3.63) is 15.8 Å². The Hall–Kier alpha value is -1.96. The molecule has 2 heterocycles. The van der Waals surface area contributed by atoms with Crippen molar-refractivity contribution >= 4 is 17.5 Å². The maximum Gasteiger partial charge on any atom is 0.332 e. The van der Waals surface area contributed by atoms with E-state index in [1.165, 1.54) is 0 Å². The molecule has 1 aliphatic rings. The van der Waals surface area contributed by atoms with Crippen LogP contribution >= 0.6 is 0 Å². The molecule has 0 amide bonds. The number of aliphatic hydroxyl groups excluding tert-OH is 1. The van der Waals surface area contributed by atoms with E-state index in [1.807, 2.05) is 0 Å². The minimum Gasteiger partial charge on any atom is -0.395 e. The second kappa shape index (κ2) is 6.87. The van der Waals surface area contributed by atoms with Gasteiger partial charge in [-0.25, -0.2) is 4.98 Å². The van der Waals surface area contributed by atoms with E-state index in [0.717, 1.165) is 25.9 Å². The Bertz CT molecular complexity index is 544. The molecule has 22 heavy (non-hydrogen) atoms. The zero-order chi connectivity index (χ0) is 16.3. The van der Waals surface area contributed by atoms with Crippen molar-refractivity contribution in [1.29, 1.82) is 0 Å². The summed E-state index contributed by atoms with van der Waals surface area (Å²) in [5, 5.41) is 20.4. The van der Waals surface area contributed by atoms with E-state index < -0.39 is 4.92 Å². The second-order valence-corrected chi connectivity index (χ2v) is 5.85. The fraction of sp³-hybridized carbons (Fsp3) is 0.714. The smallest absolute Gasteiger partial charge is 0.332 e. The molecule has 0 atom stereocenters. The van der Waals surface area contributed by atoms with Gasteiger partial charge in [0.15, 0.2) is 0 Å². The van der Waals surface area contributed by atoms with E-state index in [2.05, 4.69) is 21.8 Å². The first-order valence-corrected chi connectivity index (χ1v) is 7.54. The number of aryl methyl sites for hydroxylation is 1. The highest BCUT2D eigenvalue weighted by molar-refractivity contribution is 5.62. The van der Waals surface area contributed by atoms with Gasteiger partial charge in [-0.2, -0.15) is 4.98 Å². The van der Waals surface area contributed by atoms with Gasteiger partial charge in [-0.15, -0.1) is 0 Å². The summed E-state index contributed by atoms with van der Waals surface area (Å²) < 4.78 is 0. The monoisotopic (exact) mass is 309 g/mol. The molecule has 1 fully saturated rings. The van der Waals surface area contributed by atoms with Gasteiger partial charge in [-0.05, 0) is 25.7 Å². The maximum atomic E-state index is 11.3. The first kappa shape index (κ1) is 16.4. The van der Waals surface area contributed by atoms with Gasteiger partial charge in [0.1, 0.15) is 5.69 Å². The second-order valence-electron chi connectivity index (χ2n) is 5.85. The van der Waals surface area contributed by atoms with Crippen molar-refractivity contribution in [3.63, 3.8) is 0 Å². The van der Waals surface area contributed by atoms with Crippen LogP contribution in [0, 0.1) is 23.0 Å². The quantitative estimate of drug-likeness (QED) is 0.648. The lowest BCUT2D eigenvalue weighted by Gasteiger charge is -2.31. The molecule has 0 aromatic carbocycles. The van der Waals surface area contributed by atoms with Crippen molar-refractivity contribution in [2.45, 2.75) is 26.7 Å². The summed E-state index contributed by atoms with van der Waals surface area (Å²) in [5.74, 6) is 1.49. The summed E-state index contributed by atoms with van der Waals surface area (Å²) in [6, 6.07) is 0. The SMILES string of the molecule is Cc1nc(N2CCC(C)CC2)nc(N(C)CCO)c1[N+](=O)[O-]. The Morgan fingerprint density at radius 3 is 2.59 bits per heavy atom. The van der Waals surface area contributed by atoms with E-state index in [0.29, 0.717) is 17.6 Å². The number of aliphatic hydroxyl groups is 1. The number of aromatic nitrogens is 2. The highest BCUT2D eigenvalue weighted by Gasteiger charge is 2.27. The number of hydrogen-bond donors (Lipinski definition) is 1. The minimum absolute atomic E-state index is 0.0900. The first-order chi connectivity index (χ1) is 10.4. The molecule has 1 aromatic heterocycles. The summed E-state index contributed by atoms with van der Waals surface area (Å²) in [6.45, 7) is 5.77. The number of rotatable bonds is 5. The fourth-order valence-corrected chi connectivity index (χ4v) is 2.62. The zero-order valence-electron chi connectivity index (χ0n) is 13.3. The van der Waals surface area contributed by atoms with Gasteiger partial charge in [-0.1, -0.05) is 6.92 Å². The molecule has 0 bridgehead atoms. The molecule has 1 aliphatic heterocycles. The van der Waals surface area contributed by atoms with Crippen LogP contribution in [-0.2, 0) is 0 Å². The van der Waals surface area contributed by atoms with Crippen molar-refractivity contribution in [3.8, 4) is 0 Å². The summed E-state index contributed by atoms with van der Waals surface area (Å²) in [5.41, 5.74) is 0.262. The van der Waals surface area contributed by atoms with Crippen molar-refractivity contribution in [2.75, 3.05) is 43.1 Å².